The molecule has 1 aromatic heterocycles. The maximum Gasteiger partial charge on any atom is 0.404 e. The monoisotopic (exact) mass is 404 g/mol. The molecule has 3 rings (SSSR count). The van der Waals surface area contributed by atoms with Crippen LogP contribution in [0.1, 0.15) is 5.56 Å². The predicted molar refractivity (Wildman–Crippen MR) is 99.8 cm³/mol. The standard InChI is InChI=1S/C19H17FN2O5S/c20-17-7-2-1-6-16(17)18-10-13(8-9-27-19(21)24)12-22(18)28(25,26)15-5-3-4-14(23)11-15/h1-7,10-12,23H,8-9H2,(H2,21,24). The van der Waals surface area contributed by atoms with Crippen molar-refractivity contribution in [2.24, 2.45) is 5.73 Å². The third-order valence-electron chi connectivity index (χ3n) is 4.00. The number of aromatic hydroxyl groups is 1. The summed E-state index contributed by atoms with van der Waals surface area (Å²) in [6.45, 7) is -0.0533. The quantitative estimate of drug-likeness (QED) is 0.656. The van der Waals surface area contributed by atoms with E-state index in [2.05, 4.69) is 4.74 Å². The van der Waals surface area contributed by atoms with Crippen LogP contribution in [0.2, 0.25) is 0 Å². The van der Waals surface area contributed by atoms with E-state index in [0.717, 1.165) is 10.0 Å². The number of halogens is 1. The number of carbonyl (C=O) groups excluding carboxylic acids is 1. The molecular formula is C19H17FN2O5S. The van der Waals surface area contributed by atoms with Crippen LogP contribution in [-0.4, -0.2) is 30.2 Å². The Balaban J connectivity index is 2.11. The number of aromatic nitrogens is 1. The Morgan fingerprint density at radius 2 is 1.89 bits per heavy atom. The van der Waals surface area contributed by atoms with Crippen LogP contribution < -0.4 is 5.73 Å². The van der Waals surface area contributed by atoms with E-state index in [1.807, 2.05) is 0 Å². The van der Waals surface area contributed by atoms with Crippen molar-refractivity contribution in [1.82, 2.24) is 3.97 Å². The van der Waals surface area contributed by atoms with Gasteiger partial charge in [0.25, 0.3) is 10.0 Å². The van der Waals surface area contributed by atoms with Crippen molar-refractivity contribution in [3.05, 3.63) is 72.2 Å². The summed E-state index contributed by atoms with van der Waals surface area (Å²) in [4.78, 5) is 10.6. The van der Waals surface area contributed by atoms with Gasteiger partial charge in [-0.25, -0.2) is 21.6 Å². The first-order valence-corrected chi connectivity index (χ1v) is 9.66. The molecule has 0 unspecified atom stereocenters. The number of ether oxygens (including phenoxy) is 1. The lowest BCUT2D eigenvalue weighted by Crippen LogP contribution is -2.15. The molecule has 3 aromatic rings. The lowest BCUT2D eigenvalue weighted by molar-refractivity contribution is 0.158. The van der Waals surface area contributed by atoms with Gasteiger partial charge >= 0.3 is 6.09 Å². The minimum Gasteiger partial charge on any atom is -0.508 e. The summed E-state index contributed by atoms with van der Waals surface area (Å²) in [6.07, 6.45) is 0.569. The van der Waals surface area contributed by atoms with Crippen molar-refractivity contribution >= 4 is 16.1 Å². The average molecular weight is 404 g/mol. The molecule has 3 N–H and O–H groups in total. The van der Waals surface area contributed by atoms with E-state index in [1.165, 1.54) is 48.7 Å². The van der Waals surface area contributed by atoms with Gasteiger partial charge in [0.1, 0.15) is 11.6 Å². The number of hydrogen-bond acceptors (Lipinski definition) is 5. The first kappa shape index (κ1) is 19.4. The van der Waals surface area contributed by atoms with Gasteiger partial charge in [0.2, 0.25) is 0 Å². The van der Waals surface area contributed by atoms with E-state index in [9.17, 15) is 22.7 Å². The molecule has 0 saturated heterocycles. The third-order valence-corrected chi connectivity index (χ3v) is 5.67. The molecule has 0 saturated carbocycles. The summed E-state index contributed by atoms with van der Waals surface area (Å²) in [7, 11) is -4.12. The Kier molecular flexibility index (Phi) is 5.36. The molecule has 146 valence electrons. The van der Waals surface area contributed by atoms with E-state index in [0.29, 0.717) is 5.56 Å². The highest BCUT2D eigenvalue weighted by Gasteiger charge is 2.23. The topological polar surface area (TPSA) is 112 Å². The Morgan fingerprint density at radius 1 is 1.14 bits per heavy atom. The van der Waals surface area contributed by atoms with Crippen molar-refractivity contribution < 1.29 is 27.4 Å². The molecule has 28 heavy (non-hydrogen) atoms. The SMILES string of the molecule is NC(=O)OCCc1cc(-c2ccccc2F)n(S(=O)(=O)c2cccc(O)c2)c1. The highest BCUT2D eigenvalue weighted by molar-refractivity contribution is 7.90. The molecule has 0 spiro atoms. The van der Waals surface area contributed by atoms with E-state index in [4.69, 9.17) is 5.73 Å². The fraction of sp³-hybridized carbons (Fsp3) is 0.105. The predicted octanol–water partition coefficient (Wildman–Crippen LogP) is 2.87. The van der Waals surface area contributed by atoms with E-state index >= 15 is 0 Å². The zero-order valence-electron chi connectivity index (χ0n) is 14.6. The minimum absolute atomic E-state index is 0.0533. The zero-order chi connectivity index (χ0) is 20.3. The first-order valence-electron chi connectivity index (χ1n) is 8.22. The van der Waals surface area contributed by atoms with Crippen LogP contribution in [0, 0.1) is 5.82 Å². The molecule has 0 aliphatic heterocycles. The molecular weight excluding hydrogens is 387 g/mol. The second-order valence-electron chi connectivity index (χ2n) is 5.93. The lowest BCUT2D eigenvalue weighted by atomic mass is 10.1. The van der Waals surface area contributed by atoms with E-state index in [1.54, 1.807) is 6.07 Å². The summed E-state index contributed by atoms with van der Waals surface area (Å²) < 4.78 is 46.2. The largest absolute Gasteiger partial charge is 0.508 e. The van der Waals surface area contributed by atoms with Crippen LogP contribution in [0.15, 0.2) is 65.7 Å². The first-order chi connectivity index (χ1) is 13.3. The molecule has 0 radical (unpaired) electrons. The van der Waals surface area contributed by atoms with Gasteiger partial charge in [0.05, 0.1) is 17.2 Å². The highest BCUT2D eigenvalue weighted by atomic mass is 32.2. The Hall–Kier alpha value is -3.33. The van der Waals surface area contributed by atoms with Gasteiger partial charge in [-0.15, -0.1) is 0 Å². The maximum atomic E-state index is 14.3. The number of phenolic OH excluding ortho intramolecular Hbond substituents is 1. The van der Waals surface area contributed by atoms with Gasteiger partial charge in [-0.3, -0.25) is 0 Å². The number of rotatable bonds is 6. The van der Waals surface area contributed by atoms with Crippen molar-refractivity contribution in [3.63, 3.8) is 0 Å². The van der Waals surface area contributed by atoms with Crippen LogP contribution in [0.25, 0.3) is 11.3 Å². The summed E-state index contributed by atoms with van der Waals surface area (Å²) >= 11 is 0. The average Bonchev–Trinajstić information content (AvgIpc) is 3.06. The molecule has 9 heteroatoms. The molecule has 2 aromatic carbocycles. The van der Waals surface area contributed by atoms with Gasteiger partial charge < -0.3 is 15.6 Å². The Labute approximate surface area is 160 Å². The van der Waals surface area contributed by atoms with Crippen LogP contribution in [0.3, 0.4) is 0 Å². The fourth-order valence-corrected chi connectivity index (χ4v) is 4.16. The maximum absolute atomic E-state index is 14.3. The van der Waals surface area contributed by atoms with Crippen molar-refractivity contribution in [3.8, 4) is 17.0 Å². The van der Waals surface area contributed by atoms with Gasteiger partial charge in [-0.1, -0.05) is 18.2 Å². The smallest absolute Gasteiger partial charge is 0.404 e. The van der Waals surface area contributed by atoms with Gasteiger partial charge in [0.15, 0.2) is 0 Å². The molecule has 1 amide bonds. The van der Waals surface area contributed by atoms with Gasteiger partial charge in [0, 0.05) is 24.2 Å². The number of hydrogen-bond donors (Lipinski definition) is 2. The second-order valence-corrected chi connectivity index (χ2v) is 7.74. The van der Waals surface area contributed by atoms with Crippen molar-refractivity contribution in [1.29, 1.82) is 0 Å². The van der Waals surface area contributed by atoms with E-state index < -0.39 is 21.9 Å². The van der Waals surface area contributed by atoms with Crippen LogP contribution >= 0.6 is 0 Å². The van der Waals surface area contributed by atoms with Gasteiger partial charge in [-0.2, -0.15) is 0 Å². The molecule has 7 nitrogen and oxygen atoms in total. The number of nitrogens with zero attached hydrogens (tertiary/aromatic N) is 1. The van der Waals surface area contributed by atoms with Crippen molar-refractivity contribution in [2.45, 2.75) is 11.3 Å². The summed E-state index contributed by atoms with van der Waals surface area (Å²) in [5.41, 5.74) is 5.63. The lowest BCUT2D eigenvalue weighted by Gasteiger charge is -2.11. The minimum atomic E-state index is -4.12. The fourth-order valence-electron chi connectivity index (χ4n) is 2.72. The number of amides is 1. The summed E-state index contributed by atoms with van der Waals surface area (Å²) in [5.74, 6) is -0.802. The summed E-state index contributed by atoms with van der Waals surface area (Å²) in [5, 5.41) is 9.63. The highest BCUT2D eigenvalue weighted by Crippen LogP contribution is 2.30. The molecule has 1 heterocycles. The number of primary amides is 1. The number of phenols is 1. The molecule has 0 bridgehead atoms. The number of nitrogens with two attached hydrogens (primary N) is 1. The molecule has 0 aliphatic rings. The van der Waals surface area contributed by atoms with E-state index in [-0.39, 0.29) is 34.9 Å². The molecule has 0 aliphatic carbocycles. The number of carbonyl (C=O) groups is 1. The van der Waals surface area contributed by atoms with Crippen LogP contribution in [0.4, 0.5) is 9.18 Å². The molecule has 0 fully saturated rings. The Morgan fingerprint density at radius 3 is 2.57 bits per heavy atom. The normalized spacial score (nSPS) is 11.3. The van der Waals surface area contributed by atoms with Gasteiger partial charge in [-0.05, 0) is 35.9 Å². The second kappa shape index (κ2) is 7.73. The Bertz CT molecular complexity index is 1120. The van der Waals surface area contributed by atoms with Crippen LogP contribution in [-0.2, 0) is 21.2 Å². The molecule has 0 atom stereocenters. The third kappa shape index (κ3) is 3.99. The number of benzene rings is 2. The van der Waals surface area contributed by atoms with Crippen molar-refractivity contribution in [2.75, 3.05) is 6.61 Å². The van der Waals surface area contributed by atoms with Crippen LogP contribution in [0.5, 0.6) is 5.75 Å². The summed E-state index contributed by atoms with van der Waals surface area (Å²) in [6, 6.07) is 12.5. The zero-order valence-corrected chi connectivity index (χ0v) is 15.4.